The van der Waals surface area contributed by atoms with Crippen molar-refractivity contribution in [3.8, 4) is 0 Å². The highest BCUT2D eigenvalue weighted by Crippen LogP contribution is 2.52. The number of hydrogen-bond acceptors (Lipinski definition) is 3. The van der Waals surface area contributed by atoms with Crippen molar-refractivity contribution < 1.29 is 14.3 Å². The third-order valence-corrected chi connectivity index (χ3v) is 3.96. The summed E-state index contributed by atoms with van der Waals surface area (Å²) in [5, 5.41) is 0. The maximum atomic E-state index is 12.0. The van der Waals surface area contributed by atoms with Gasteiger partial charge in [-0.15, -0.1) is 0 Å². The van der Waals surface area contributed by atoms with Crippen molar-refractivity contribution >= 4 is 11.8 Å². The van der Waals surface area contributed by atoms with Crippen LogP contribution in [0.25, 0.3) is 0 Å². The monoisotopic (exact) mass is 210 g/mol. The summed E-state index contributed by atoms with van der Waals surface area (Å²) < 4.78 is 5.17. The molecule has 0 bridgehead atoms. The average Bonchev–Trinajstić information content (AvgIpc) is 2.62. The van der Waals surface area contributed by atoms with Crippen molar-refractivity contribution in [2.45, 2.75) is 45.4 Å². The summed E-state index contributed by atoms with van der Waals surface area (Å²) in [5.41, 5.74) is -0.302. The zero-order valence-corrected chi connectivity index (χ0v) is 9.25. The van der Waals surface area contributed by atoms with Crippen molar-refractivity contribution in [3.63, 3.8) is 0 Å². The van der Waals surface area contributed by atoms with Gasteiger partial charge in [-0.05, 0) is 32.1 Å². The van der Waals surface area contributed by atoms with Gasteiger partial charge in [0.15, 0.2) is 0 Å². The first-order valence-corrected chi connectivity index (χ1v) is 5.88. The summed E-state index contributed by atoms with van der Waals surface area (Å²) in [6.45, 7) is 2.29. The Bertz CT molecular complexity index is 285. The lowest BCUT2D eigenvalue weighted by molar-refractivity contribution is -0.160. The molecule has 0 saturated heterocycles. The molecule has 0 N–H and O–H groups in total. The average molecular weight is 210 g/mol. The zero-order valence-electron chi connectivity index (χ0n) is 9.25. The van der Waals surface area contributed by atoms with Crippen LogP contribution in [-0.2, 0) is 14.3 Å². The van der Waals surface area contributed by atoms with Gasteiger partial charge in [0.1, 0.15) is 5.78 Å². The lowest BCUT2D eigenvalue weighted by Gasteiger charge is -2.36. The molecule has 0 aromatic carbocycles. The smallest absolute Gasteiger partial charge is 0.312 e. The molecule has 3 nitrogen and oxygen atoms in total. The highest BCUT2D eigenvalue weighted by atomic mass is 16.5. The minimum Gasteiger partial charge on any atom is -0.466 e. The van der Waals surface area contributed by atoms with Crippen LogP contribution in [0.2, 0.25) is 0 Å². The van der Waals surface area contributed by atoms with Crippen LogP contribution in [0, 0.1) is 11.3 Å². The lowest BCUT2D eigenvalue weighted by atomic mass is 9.68. The van der Waals surface area contributed by atoms with Crippen LogP contribution in [0.1, 0.15) is 45.4 Å². The molecule has 84 valence electrons. The molecule has 2 saturated carbocycles. The van der Waals surface area contributed by atoms with E-state index in [0.717, 1.165) is 25.7 Å². The maximum Gasteiger partial charge on any atom is 0.312 e. The fourth-order valence-electron chi connectivity index (χ4n) is 3.16. The summed E-state index contributed by atoms with van der Waals surface area (Å²) in [6, 6.07) is 0. The second-order valence-corrected chi connectivity index (χ2v) is 4.71. The summed E-state index contributed by atoms with van der Waals surface area (Å²) >= 11 is 0. The second kappa shape index (κ2) is 3.95. The number of esters is 1. The van der Waals surface area contributed by atoms with E-state index < -0.39 is 0 Å². The number of ketones is 1. The number of rotatable bonds is 2. The second-order valence-electron chi connectivity index (χ2n) is 4.71. The van der Waals surface area contributed by atoms with Gasteiger partial charge in [0.2, 0.25) is 0 Å². The molecule has 0 aromatic heterocycles. The Hall–Kier alpha value is -0.860. The first kappa shape index (κ1) is 10.7. The highest BCUT2D eigenvalue weighted by Gasteiger charge is 2.52. The highest BCUT2D eigenvalue weighted by molar-refractivity contribution is 5.85. The van der Waals surface area contributed by atoms with Gasteiger partial charge in [-0.2, -0.15) is 0 Å². The Labute approximate surface area is 90.2 Å². The van der Waals surface area contributed by atoms with Crippen LogP contribution in [0.15, 0.2) is 0 Å². The van der Waals surface area contributed by atoms with E-state index in [1.165, 1.54) is 0 Å². The van der Waals surface area contributed by atoms with Gasteiger partial charge in [0, 0.05) is 12.8 Å². The predicted molar refractivity (Wildman–Crippen MR) is 55.3 cm³/mol. The van der Waals surface area contributed by atoms with Gasteiger partial charge < -0.3 is 4.74 Å². The quantitative estimate of drug-likeness (QED) is 0.655. The predicted octanol–water partition coefficient (Wildman–Crippen LogP) is 2.09. The zero-order chi connectivity index (χ0) is 10.9. The van der Waals surface area contributed by atoms with Gasteiger partial charge in [-0.3, -0.25) is 9.59 Å². The van der Waals surface area contributed by atoms with E-state index in [1.54, 1.807) is 0 Å². The van der Waals surface area contributed by atoms with Crippen molar-refractivity contribution in [2.24, 2.45) is 11.3 Å². The molecule has 0 spiro atoms. The Balaban J connectivity index is 2.17. The maximum absolute atomic E-state index is 12.0. The van der Waals surface area contributed by atoms with Gasteiger partial charge >= 0.3 is 5.97 Å². The third-order valence-electron chi connectivity index (χ3n) is 3.96. The van der Waals surface area contributed by atoms with E-state index in [0.29, 0.717) is 25.2 Å². The first-order valence-electron chi connectivity index (χ1n) is 5.88. The summed E-state index contributed by atoms with van der Waals surface area (Å²) in [4.78, 5) is 23.4. The molecule has 15 heavy (non-hydrogen) atoms. The van der Waals surface area contributed by atoms with Gasteiger partial charge in [-0.1, -0.05) is 6.42 Å². The summed E-state index contributed by atoms with van der Waals surface area (Å²) in [5.74, 6) is 0.527. The van der Waals surface area contributed by atoms with E-state index in [9.17, 15) is 9.59 Å². The molecule has 2 aliphatic rings. The number of Topliss-reactive ketones (excluding diaryl/α,β-unsaturated/α-hetero) is 1. The molecule has 2 unspecified atom stereocenters. The van der Waals surface area contributed by atoms with E-state index in [1.807, 2.05) is 6.92 Å². The van der Waals surface area contributed by atoms with Crippen LogP contribution in [0.3, 0.4) is 0 Å². The molecule has 0 radical (unpaired) electrons. The topological polar surface area (TPSA) is 43.4 Å². The number of ether oxygens (including phenoxy) is 1. The largest absolute Gasteiger partial charge is 0.466 e. The Morgan fingerprint density at radius 3 is 3.07 bits per heavy atom. The standard InChI is InChI=1S/C12H18O3/c1-2-15-11(14)12-6-3-4-9(12)8-10(13)5-7-12/h9H,2-8H2,1H3. The first-order chi connectivity index (χ1) is 7.19. The number of carbonyl (C=O) groups excluding carboxylic acids is 2. The van der Waals surface area contributed by atoms with Crippen LogP contribution in [-0.4, -0.2) is 18.4 Å². The fraction of sp³-hybridized carbons (Fsp3) is 0.833. The van der Waals surface area contributed by atoms with Crippen molar-refractivity contribution in [3.05, 3.63) is 0 Å². The van der Waals surface area contributed by atoms with Gasteiger partial charge in [0.25, 0.3) is 0 Å². The molecule has 0 heterocycles. The molecule has 0 amide bonds. The van der Waals surface area contributed by atoms with E-state index >= 15 is 0 Å². The minimum absolute atomic E-state index is 0.0556. The van der Waals surface area contributed by atoms with Crippen molar-refractivity contribution in [1.82, 2.24) is 0 Å². The van der Waals surface area contributed by atoms with Crippen molar-refractivity contribution in [1.29, 1.82) is 0 Å². The minimum atomic E-state index is -0.302. The van der Waals surface area contributed by atoms with E-state index in [4.69, 9.17) is 4.74 Å². The molecule has 2 fully saturated rings. The van der Waals surface area contributed by atoms with Crippen LogP contribution in [0.4, 0.5) is 0 Å². The molecule has 2 atom stereocenters. The lowest BCUT2D eigenvalue weighted by Crippen LogP contribution is -2.41. The molecule has 2 rings (SSSR count). The van der Waals surface area contributed by atoms with Crippen LogP contribution < -0.4 is 0 Å². The van der Waals surface area contributed by atoms with Gasteiger partial charge in [-0.25, -0.2) is 0 Å². The molecule has 0 aliphatic heterocycles. The van der Waals surface area contributed by atoms with Crippen LogP contribution in [0.5, 0.6) is 0 Å². The van der Waals surface area contributed by atoms with Gasteiger partial charge in [0.05, 0.1) is 12.0 Å². The molecule has 3 heteroatoms. The Morgan fingerprint density at radius 2 is 2.33 bits per heavy atom. The molecular formula is C12H18O3. The fourth-order valence-corrected chi connectivity index (χ4v) is 3.16. The third kappa shape index (κ3) is 1.68. The van der Waals surface area contributed by atoms with Crippen LogP contribution >= 0.6 is 0 Å². The number of carbonyl (C=O) groups is 2. The molecular weight excluding hydrogens is 192 g/mol. The molecule has 2 aliphatic carbocycles. The normalized spacial score (nSPS) is 35.0. The SMILES string of the molecule is CCOC(=O)C12CCCC1CC(=O)CC2. The Kier molecular flexibility index (Phi) is 2.81. The summed E-state index contributed by atoms with van der Waals surface area (Å²) in [6.07, 6.45) is 4.88. The summed E-state index contributed by atoms with van der Waals surface area (Å²) in [7, 11) is 0. The van der Waals surface area contributed by atoms with E-state index in [2.05, 4.69) is 0 Å². The number of hydrogen-bond donors (Lipinski definition) is 0. The molecule has 0 aromatic rings. The Morgan fingerprint density at radius 1 is 1.53 bits per heavy atom. The van der Waals surface area contributed by atoms with Crippen molar-refractivity contribution in [2.75, 3.05) is 6.61 Å². The number of fused-ring (bicyclic) bond motifs is 1. The van der Waals surface area contributed by atoms with E-state index in [-0.39, 0.29) is 17.3 Å².